The molecule has 0 bridgehead atoms. The van der Waals surface area contributed by atoms with Crippen LogP contribution in [0.2, 0.25) is 0 Å². The normalized spacial score (nSPS) is 9.62. The van der Waals surface area contributed by atoms with E-state index in [0.29, 0.717) is 22.3 Å². The van der Waals surface area contributed by atoms with E-state index in [1.165, 1.54) is 342 Å². The summed E-state index contributed by atoms with van der Waals surface area (Å²) in [7, 11) is 2.63. The van der Waals surface area contributed by atoms with Crippen molar-refractivity contribution in [3.05, 3.63) is 75.2 Å². The van der Waals surface area contributed by atoms with Gasteiger partial charge in [-0.1, -0.05) is 6.07 Å². The molecule has 0 unspecified atom stereocenters. The third-order valence-corrected chi connectivity index (χ3v) is 5.60. The molecular weight excluding hydrogens is 998 g/mol. The van der Waals surface area contributed by atoms with Gasteiger partial charge in [0.05, 0.1) is 19.7 Å². The average molecular weight is 1040 g/mol. The SMILES string of the molecule is COC(=O)/C=C(\C)Nc1cccc(OC(C)(C)C)c1C.COC(=O)c1cc(=O)c2ccc(OC(C)(C)C)c(C)c2[nH]1.O=C=O.[H-].[K+].[K][K].[K][K].[K][K].[K][K].[K][K]. The topological polar surface area (TPSA) is 150 Å². The number of benzene rings is 2. The summed E-state index contributed by atoms with van der Waals surface area (Å²) in [4.78, 5) is 54.1. The van der Waals surface area contributed by atoms with Crippen LogP contribution in [-0.4, -0.2) is 364 Å². The number of carbonyl (C=O) groups excluding carboxylic acids is 4. The molecule has 22 heteroatoms. The molecule has 3 rings (SSSR count). The first kappa shape index (κ1) is 79.5. The Labute approximate surface area is 599 Å². The zero-order chi connectivity index (χ0) is 43.8. The zero-order valence-electron chi connectivity index (χ0n) is 39.2. The number of aryl methyl sites for hydroxylation is 1. The molecule has 0 radical (unpaired) electrons. The molecule has 0 saturated heterocycles. The number of aromatic nitrogens is 1. The second-order valence-electron chi connectivity index (χ2n) is 11.6. The molecule has 0 aliphatic rings. The Morgan fingerprint density at radius 2 is 1.20 bits per heavy atom. The van der Waals surface area contributed by atoms with Crippen molar-refractivity contribution < 1.29 is 90.9 Å². The van der Waals surface area contributed by atoms with E-state index in [1.807, 2.05) is 80.5 Å². The molecule has 0 fully saturated rings. The standard InChI is InChI=1S/C16H19NO4.C16H23NO3.CO2.11K.H/c1-9-13(21-16(2,3)4)7-6-10-12(18)8-11(15(19)20-5)17-14(9)10;1-11(10-15(18)19-6)17-13-8-7-9-14(12(13)2)20-16(3,4)5;2-1-3;;;;;;;;;;;;/h6-8H,1-5H3,(H,17,18);7-10,17H,1-6H3;;;;;;;;;;;;;/q;;;;;;;;;;;;;+1;-1/b;11-10+;;;;;;;;;;;;;. The van der Waals surface area contributed by atoms with Gasteiger partial charge in [0.25, 0.3) is 0 Å². The Balaban J connectivity index is -0.000000129. The van der Waals surface area contributed by atoms with E-state index in [-0.39, 0.29) is 87.3 Å². The molecule has 250 valence electrons. The molecule has 2 aromatic carbocycles. The fourth-order valence-corrected chi connectivity index (χ4v) is 3.77. The van der Waals surface area contributed by atoms with Gasteiger partial charge in [0.2, 0.25) is 0 Å². The molecule has 0 amide bonds. The number of H-pyrrole nitrogens is 1. The fraction of sp³-hybridized carbons (Fsp3) is 0.394. The monoisotopic (exact) mass is 1040 g/mol. The van der Waals surface area contributed by atoms with Crippen LogP contribution in [-0.2, 0) is 23.9 Å². The van der Waals surface area contributed by atoms with Crippen LogP contribution in [0.4, 0.5) is 5.69 Å². The van der Waals surface area contributed by atoms with Gasteiger partial charge in [-0.05, 0) is 86.6 Å². The average Bonchev–Trinajstić information content (AvgIpc) is 3.14. The van der Waals surface area contributed by atoms with Crippen LogP contribution in [0.3, 0.4) is 0 Å². The van der Waals surface area contributed by atoms with Crippen molar-refractivity contribution >= 4 is 350 Å². The molecule has 2 N–H and O–H groups in total. The quantitative estimate of drug-likeness (QED) is 0.183. The van der Waals surface area contributed by atoms with Gasteiger partial charge >= 0.3 is 385 Å². The van der Waals surface area contributed by atoms with Crippen molar-refractivity contribution in [3.63, 3.8) is 0 Å². The molecular formula is C33H43K11N2O9. The van der Waals surface area contributed by atoms with Gasteiger partial charge in [0, 0.05) is 40.0 Å². The van der Waals surface area contributed by atoms with E-state index in [4.69, 9.17) is 19.1 Å². The summed E-state index contributed by atoms with van der Waals surface area (Å²) in [6.07, 6.45) is 1.66. The third-order valence-electron chi connectivity index (χ3n) is 5.60. The summed E-state index contributed by atoms with van der Waals surface area (Å²) >= 11 is 12.5. The maximum absolute atomic E-state index is 12.1. The number of nitrogens with one attached hydrogen (secondary N) is 2. The number of allylic oxidation sites excluding steroid dienone is 1. The minimum absolute atomic E-state index is 0. The summed E-state index contributed by atoms with van der Waals surface area (Å²) in [5.74, 6) is 0.548. The number of fused-ring (bicyclic) bond motifs is 1. The number of carbonyl (C=O) groups is 2. The van der Waals surface area contributed by atoms with Crippen molar-refractivity contribution in [1.82, 2.24) is 4.98 Å². The van der Waals surface area contributed by atoms with Crippen LogP contribution in [0.1, 0.15) is 71.5 Å². The van der Waals surface area contributed by atoms with Gasteiger partial charge in [0.1, 0.15) is 28.4 Å². The molecule has 1 aromatic heterocycles. The number of methoxy groups -OCH3 is 2. The Morgan fingerprint density at radius 3 is 1.60 bits per heavy atom. The molecule has 0 saturated carbocycles. The third kappa shape index (κ3) is 42.2. The number of pyridine rings is 1. The molecule has 0 aliphatic carbocycles. The minimum atomic E-state index is -0.574. The van der Waals surface area contributed by atoms with Crippen LogP contribution in [0.15, 0.2) is 53.0 Å². The Kier molecular flexibility index (Phi) is 75.2. The number of anilines is 1. The summed E-state index contributed by atoms with van der Waals surface area (Å²) in [5.41, 5.74) is 3.30. The number of hydrogen-bond acceptors (Lipinski definition) is 10. The molecule has 55 heavy (non-hydrogen) atoms. The number of esters is 2. The van der Waals surface area contributed by atoms with Crippen LogP contribution in [0.25, 0.3) is 10.9 Å². The van der Waals surface area contributed by atoms with Gasteiger partial charge in [-0.15, -0.1) is 0 Å². The molecule has 0 aliphatic heterocycles. The first-order valence-electron chi connectivity index (χ1n) is 18.6. The van der Waals surface area contributed by atoms with Crippen LogP contribution < -0.4 is 71.6 Å². The van der Waals surface area contributed by atoms with E-state index >= 15 is 0 Å². The predicted molar refractivity (Wildman–Crippen MR) is 226 cm³/mol. The van der Waals surface area contributed by atoms with Gasteiger partial charge < -0.3 is 30.7 Å². The summed E-state index contributed by atoms with van der Waals surface area (Å²) in [6.45, 7) is 17.5. The van der Waals surface area contributed by atoms with E-state index in [9.17, 15) is 14.4 Å². The maximum atomic E-state index is 12.1. The van der Waals surface area contributed by atoms with Crippen LogP contribution in [0.5, 0.6) is 11.5 Å². The number of aromatic amines is 1. The van der Waals surface area contributed by atoms with Crippen LogP contribution in [0, 0.1) is 13.8 Å². The van der Waals surface area contributed by atoms with Gasteiger partial charge in [-0.3, -0.25) is 4.79 Å². The first-order valence-corrected chi connectivity index (χ1v) is 98.6. The van der Waals surface area contributed by atoms with Crippen molar-refractivity contribution in [2.75, 3.05) is 19.5 Å². The fourth-order valence-electron chi connectivity index (χ4n) is 3.77. The van der Waals surface area contributed by atoms with Gasteiger partial charge in [-0.25, -0.2) is 9.59 Å². The molecule has 0 atom stereocenters. The summed E-state index contributed by atoms with van der Waals surface area (Å²) in [5, 5.41) is 3.70. The van der Waals surface area contributed by atoms with Crippen molar-refractivity contribution in [2.24, 2.45) is 0 Å². The Morgan fingerprint density at radius 1 is 0.764 bits per heavy atom. The first-order chi connectivity index (χ1) is 25.4. The molecule has 1 heterocycles. The van der Waals surface area contributed by atoms with E-state index in [2.05, 4.69) is 19.8 Å². The number of rotatable bonds is 6. The second-order valence-corrected chi connectivity index (χ2v) is 11.6. The van der Waals surface area contributed by atoms with Crippen LogP contribution >= 0.6 is 0 Å². The van der Waals surface area contributed by atoms with Gasteiger partial charge in [0.15, 0.2) is 5.43 Å². The van der Waals surface area contributed by atoms with E-state index in [1.54, 1.807) is 12.1 Å². The van der Waals surface area contributed by atoms with E-state index in [0.717, 1.165) is 22.6 Å². The summed E-state index contributed by atoms with van der Waals surface area (Å²) < 4.78 is 21.0. The summed E-state index contributed by atoms with van der Waals surface area (Å²) in [6, 6.07) is 10.5. The second kappa shape index (κ2) is 52.0. The van der Waals surface area contributed by atoms with Crippen molar-refractivity contribution in [2.45, 2.75) is 73.5 Å². The molecule has 0 spiro atoms. The zero-order valence-corrected chi connectivity index (χ0v) is 72.6. The van der Waals surface area contributed by atoms with Crippen molar-refractivity contribution in [3.8, 4) is 11.5 Å². The van der Waals surface area contributed by atoms with Gasteiger partial charge in [-0.2, -0.15) is 9.59 Å². The molecule has 11 nitrogen and oxygen atoms in total. The number of hydrogen-bond donors (Lipinski definition) is 2. The Hall–Kier alpha value is 13.1. The number of ether oxygens (including phenoxy) is 4. The predicted octanol–water partition coefficient (Wildman–Crippen LogP) is -0.814. The Bertz CT molecular complexity index is 1630. The van der Waals surface area contributed by atoms with E-state index < -0.39 is 5.97 Å². The van der Waals surface area contributed by atoms with Crippen molar-refractivity contribution in [1.29, 1.82) is 0 Å². The molecule has 3 aromatic rings.